The molecule has 0 aromatic rings. The van der Waals surface area contributed by atoms with Crippen molar-refractivity contribution in [2.75, 3.05) is 26.4 Å². The maximum Gasteiger partial charge on any atom is 0.104 e. The molecule has 3 aliphatic heterocycles. The molecule has 0 saturated carbocycles. The van der Waals surface area contributed by atoms with E-state index < -0.39 is 0 Å². The Balaban J connectivity index is 1.41. The summed E-state index contributed by atoms with van der Waals surface area (Å²) in [4.78, 5) is 0. The quantitative estimate of drug-likeness (QED) is 0.633. The second-order valence-electron chi connectivity index (χ2n) is 7.09. The minimum absolute atomic E-state index is 0.131. The lowest BCUT2D eigenvalue weighted by atomic mass is 9.84. The van der Waals surface area contributed by atoms with E-state index in [-0.39, 0.29) is 23.4 Å². The zero-order chi connectivity index (χ0) is 14.4. The highest BCUT2D eigenvalue weighted by Crippen LogP contribution is 2.39. The summed E-state index contributed by atoms with van der Waals surface area (Å²) in [6.07, 6.45) is 1.82. The van der Waals surface area contributed by atoms with E-state index in [1.165, 1.54) is 0 Å². The number of hydrogen-bond acceptors (Lipinski definition) is 5. The van der Waals surface area contributed by atoms with Gasteiger partial charge in [-0.25, -0.2) is 0 Å². The van der Waals surface area contributed by atoms with Crippen LogP contribution in [0.1, 0.15) is 34.1 Å². The number of rotatable bonds is 8. The van der Waals surface area contributed by atoms with Crippen LogP contribution in [0.25, 0.3) is 0 Å². The molecule has 0 N–H and O–H groups in total. The molecule has 5 nitrogen and oxygen atoms in total. The number of ether oxygens (including phenoxy) is 5. The average Bonchev–Trinajstić information content (AvgIpc) is 3.15. The second-order valence-corrected chi connectivity index (χ2v) is 7.09. The molecule has 5 heteroatoms. The Labute approximate surface area is 120 Å². The van der Waals surface area contributed by atoms with Crippen LogP contribution >= 0.6 is 0 Å². The van der Waals surface area contributed by atoms with Gasteiger partial charge in [0.1, 0.15) is 12.2 Å². The van der Waals surface area contributed by atoms with E-state index in [0.29, 0.717) is 25.4 Å². The first kappa shape index (κ1) is 14.7. The lowest BCUT2D eigenvalue weighted by Gasteiger charge is -2.50. The maximum absolute atomic E-state index is 6.04. The fourth-order valence-corrected chi connectivity index (χ4v) is 2.41. The van der Waals surface area contributed by atoms with Gasteiger partial charge in [0.15, 0.2) is 0 Å². The number of epoxide rings is 2. The van der Waals surface area contributed by atoms with E-state index in [1.54, 1.807) is 0 Å². The monoisotopic (exact) mass is 286 g/mol. The van der Waals surface area contributed by atoms with Crippen LogP contribution in [0.15, 0.2) is 0 Å². The van der Waals surface area contributed by atoms with Crippen LogP contribution in [0.3, 0.4) is 0 Å². The van der Waals surface area contributed by atoms with Gasteiger partial charge in [0.2, 0.25) is 0 Å². The fraction of sp³-hybridized carbons (Fsp3) is 1.00. The first-order valence-corrected chi connectivity index (χ1v) is 7.53. The molecule has 0 spiro atoms. The molecule has 0 radical (unpaired) electrons. The largest absolute Gasteiger partial charge is 0.371 e. The number of hydrogen-bond donors (Lipinski definition) is 0. The SMILES string of the molecule is CC(C)(OCC1CO1)C1CC(C(C)(C)OCC2CO2)O1. The lowest BCUT2D eigenvalue weighted by molar-refractivity contribution is -0.269. The van der Waals surface area contributed by atoms with Crippen LogP contribution in [-0.4, -0.2) is 62.0 Å². The van der Waals surface area contributed by atoms with E-state index in [0.717, 1.165) is 19.6 Å². The van der Waals surface area contributed by atoms with Gasteiger partial charge in [-0.3, -0.25) is 0 Å². The summed E-state index contributed by atoms with van der Waals surface area (Å²) < 4.78 is 28.2. The third-order valence-corrected chi connectivity index (χ3v) is 4.39. The van der Waals surface area contributed by atoms with Crippen molar-refractivity contribution in [1.82, 2.24) is 0 Å². The van der Waals surface area contributed by atoms with Crippen molar-refractivity contribution < 1.29 is 23.7 Å². The average molecular weight is 286 g/mol. The molecule has 4 atom stereocenters. The minimum atomic E-state index is -0.266. The van der Waals surface area contributed by atoms with Gasteiger partial charge in [-0.2, -0.15) is 0 Å². The Hall–Kier alpha value is -0.200. The maximum atomic E-state index is 6.04. The Kier molecular flexibility index (Phi) is 3.84. The Morgan fingerprint density at radius 2 is 1.20 bits per heavy atom. The minimum Gasteiger partial charge on any atom is -0.371 e. The van der Waals surface area contributed by atoms with Crippen molar-refractivity contribution in [1.29, 1.82) is 0 Å². The van der Waals surface area contributed by atoms with Crippen LogP contribution in [0.2, 0.25) is 0 Å². The molecule has 3 rings (SSSR count). The van der Waals surface area contributed by atoms with E-state index in [4.69, 9.17) is 23.7 Å². The molecule has 20 heavy (non-hydrogen) atoms. The molecule has 0 aromatic heterocycles. The highest BCUT2D eigenvalue weighted by atomic mass is 16.6. The van der Waals surface area contributed by atoms with Crippen molar-refractivity contribution in [3.05, 3.63) is 0 Å². The van der Waals surface area contributed by atoms with Gasteiger partial charge >= 0.3 is 0 Å². The lowest BCUT2D eigenvalue weighted by Crippen LogP contribution is -2.59. The Bertz CT molecular complexity index is 308. The van der Waals surface area contributed by atoms with Crippen molar-refractivity contribution in [3.8, 4) is 0 Å². The molecule has 0 amide bonds. The van der Waals surface area contributed by atoms with E-state index >= 15 is 0 Å². The first-order valence-electron chi connectivity index (χ1n) is 7.53. The normalized spacial score (nSPS) is 36.6. The molecule has 3 aliphatic rings. The molecule has 3 fully saturated rings. The molecule has 0 aliphatic carbocycles. The summed E-state index contributed by atoms with van der Waals surface area (Å²) in [6, 6.07) is 0. The molecular weight excluding hydrogens is 260 g/mol. The summed E-state index contributed by atoms with van der Waals surface area (Å²) in [5, 5.41) is 0. The van der Waals surface area contributed by atoms with Crippen LogP contribution in [0.5, 0.6) is 0 Å². The standard InChI is InChI=1S/C15H26O5/c1-14(2,18-8-10-6-16-10)12-5-13(20-12)15(3,4)19-9-11-7-17-11/h10-13H,5-9H2,1-4H3. The fourth-order valence-electron chi connectivity index (χ4n) is 2.41. The van der Waals surface area contributed by atoms with Crippen molar-refractivity contribution in [2.24, 2.45) is 0 Å². The summed E-state index contributed by atoms with van der Waals surface area (Å²) >= 11 is 0. The summed E-state index contributed by atoms with van der Waals surface area (Å²) in [6.45, 7) is 11.3. The predicted molar refractivity (Wildman–Crippen MR) is 72.8 cm³/mol. The summed E-state index contributed by atoms with van der Waals surface area (Å²) in [5.74, 6) is 0. The van der Waals surface area contributed by atoms with E-state index in [9.17, 15) is 0 Å². The Morgan fingerprint density at radius 3 is 1.50 bits per heavy atom. The van der Waals surface area contributed by atoms with Crippen molar-refractivity contribution >= 4 is 0 Å². The molecule has 116 valence electrons. The third-order valence-electron chi connectivity index (χ3n) is 4.39. The molecule has 4 unspecified atom stereocenters. The Morgan fingerprint density at radius 1 is 0.850 bits per heavy atom. The van der Waals surface area contributed by atoms with Crippen molar-refractivity contribution in [2.45, 2.75) is 69.7 Å². The van der Waals surface area contributed by atoms with Crippen LogP contribution in [0.4, 0.5) is 0 Å². The van der Waals surface area contributed by atoms with Crippen molar-refractivity contribution in [3.63, 3.8) is 0 Å². The third kappa shape index (κ3) is 3.52. The van der Waals surface area contributed by atoms with Gasteiger partial charge in [0, 0.05) is 6.42 Å². The summed E-state index contributed by atoms with van der Waals surface area (Å²) in [7, 11) is 0. The topological polar surface area (TPSA) is 52.8 Å². The summed E-state index contributed by atoms with van der Waals surface area (Å²) in [5.41, 5.74) is -0.531. The highest BCUT2D eigenvalue weighted by Gasteiger charge is 2.49. The zero-order valence-electron chi connectivity index (χ0n) is 12.9. The van der Waals surface area contributed by atoms with Gasteiger partial charge in [-0.05, 0) is 27.7 Å². The van der Waals surface area contributed by atoms with Gasteiger partial charge in [0.25, 0.3) is 0 Å². The van der Waals surface area contributed by atoms with Crippen LogP contribution in [-0.2, 0) is 23.7 Å². The molecular formula is C15H26O5. The van der Waals surface area contributed by atoms with Crippen LogP contribution < -0.4 is 0 Å². The van der Waals surface area contributed by atoms with E-state index in [1.807, 2.05) is 0 Å². The van der Waals surface area contributed by atoms with Gasteiger partial charge < -0.3 is 23.7 Å². The predicted octanol–water partition coefficient (Wildman–Crippen LogP) is 1.53. The van der Waals surface area contributed by atoms with Gasteiger partial charge in [-0.15, -0.1) is 0 Å². The van der Waals surface area contributed by atoms with E-state index in [2.05, 4.69) is 27.7 Å². The molecule has 3 heterocycles. The zero-order valence-corrected chi connectivity index (χ0v) is 12.9. The highest BCUT2D eigenvalue weighted by molar-refractivity contribution is 4.97. The molecule has 0 bridgehead atoms. The van der Waals surface area contributed by atoms with Crippen LogP contribution in [0, 0.1) is 0 Å². The second kappa shape index (κ2) is 5.21. The van der Waals surface area contributed by atoms with Gasteiger partial charge in [-0.1, -0.05) is 0 Å². The molecule has 3 saturated heterocycles. The molecule has 0 aromatic carbocycles. The van der Waals surface area contributed by atoms with Gasteiger partial charge in [0.05, 0.1) is 49.8 Å². The first-order chi connectivity index (χ1) is 9.37. The smallest absolute Gasteiger partial charge is 0.104 e.